The molecule has 0 amide bonds. The Morgan fingerprint density at radius 1 is 1.10 bits per heavy atom. The molecule has 100 valence electrons. The van der Waals surface area contributed by atoms with E-state index in [1.807, 2.05) is 12.1 Å². The zero-order valence-electron chi connectivity index (χ0n) is 10.9. The monoisotopic (exact) mass is 267 g/mol. The number of hydrogen-bond acceptors (Lipinski definition) is 4. The second kappa shape index (κ2) is 4.74. The Balaban J connectivity index is 2.25. The lowest BCUT2D eigenvalue weighted by Gasteiger charge is -2.06. The molecule has 2 N–H and O–H groups in total. The normalized spacial score (nSPS) is 10.7. The first-order valence-corrected chi connectivity index (χ1v) is 6.16. The highest BCUT2D eigenvalue weighted by molar-refractivity contribution is 5.86. The Morgan fingerprint density at radius 3 is 2.55 bits per heavy atom. The molecule has 4 nitrogen and oxygen atoms in total. The molecule has 0 saturated heterocycles. The number of hydrogen-bond donors (Lipinski definition) is 1. The van der Waals surface area contributed by atoms with E-state index in [9.17, 15) is 4.79 Å². The maximum atomic E-state index is 12.1. The van der Waals surface area contributed by atoms with Crippen molar-refractivity contribution in [3.05, 3.63) is 59.0 Å². The first-order chi connectivity index (χ1) is 9.69. The van der Waals surface area contributed by atoms with Crippen LogP contribution in [-0.4, -0.2) is 7.11 Å². The molecule has 0 aliphatic carbocycles. The van der Waals surface area contributed by atoms with Gasteiger partial charge in [-0.25, -0.2) is 4.79 Å². The molecule has 0 bridgehead atoms. The Bertz CT molecular complexity index is 819. The molecule has 0 radical (unpaired) electrons. The average molecular weight is 267 g/mol. The fourth-order valence-corrected chi connectivity index (χ4v) is 2.14. The maximum absolute atomic E-state index is 12.1. The summed E-state index contributed by atoms with van der Waals surface area (Å²) in [4.78, 5) is 12.1. The van der Waals surface area contributed by atoms with Gasteiger partial charge in [0.05, 0.1) is 12.7 Å². The molecule has 0 saturated carbocycles. The fraction of sp³-hybridized carbons (Fsp3) is 0.0625. The number of fused-ring (bicyclic) bond motifs is 1. The van der Waals surface area contributed by atoms with Crippen molar-refractivity contribution < 1.29 is 9.15 Å². The predicted molar refractivity (Wildman–Crippen MR) is 78.9 cm³/mol. The molecule has 3 aromatic rings. The number of nitrogens with two attached hydrogens (primary N) is 1. The largest absolute Gasteiger partial charge is 0.493 e. The zero-order valence-corrected chi connectivity index (χ0v) is 10.9. The van der Waals surface area contributed by atoms with Gasteiger partial charge in [0.25, 0.3) is 0 Å². The minimum atomic E-state index is -0.397. The van der Waals surface area contributed by atoms with Crippen molar-refractivity contribution in [1.82, 2.24) is 0 Å². The third-order valence-corrected chi connectivity index (χ3v) is 3.17. The van der Waals surface area contributed by atoms with Gasteiger partial charge in [-0.15, -0.1) is 0 Å². The van der Waals surface area contributed by atoms with Crippen LogP contribution in [0.2, 0.25) is 0 Å². The van der Waals surface area contributed by atoms with Crippen LogP contribution in [-0.2, 0) is 0 Å². The van der Waals surface area contributed by atoms with E-state index in [0.29, 0.717) is 22.6 Å². The Morgan fingerprint density at radius 2 is 1.85 bits per heavy atom. The molecule has 1 aromatic heterocycles. The van der Waals surface area contributed by atoms with Crippen LogP contribution < -0.4 is 16.1 Å². The van der Waals surface area contributed by atoms with Crippen molar-refractivity contribution in [2.75, 3.05) is 12.8 Å². The lowest BCUT2D eigenvalue weighted by Crippen LogP contribution is -2.03. The zero-order chi connectivity index (χ0) is 14.1. The van der Waals surface area contributed by atoms with Crippen molar-refractivity contribution in [1.29, 1.82) is 0 Å². The van der Waals surface area contributed by atoms with Crippen LogP contribution in [0.4, 0.5) is 5.69 Å². The Hall–Kier alpha value is -2.75. The lowest BCUT2D eigenvalue weighted by atomic mass is 10.1. The summed E-state index contributed by atoms with van der Waals surface area (Å²) >= 11 is 0. The summed E-state index contributed by atoms with van der Waals surface area (Å²) in [5, 5.41) is 0.816. The van der Waals surface area contributed by atoms with Crippen LogP contribution in [0.25, 0.3) is 22.1 Å². The molecule has 0 fully saturated rings. The van der Waals surface area contributed by atoms with Crippen molar-refractivity contribution in [2.24, 2.45) is 0 Å². The summed E-state index contributed by atoms with van der Waals surface area (Å²) in [6.07, 6.45) is 0. The molecule has 4 heteroatoms. The second-order valence-electron chi connectivity index (χ2n) is 4.45. The van der Waals surface area contributed by atoms with E-state index in [2.05, 4.69) is 0 Å². The van der Waals surface area contributed by atoms with Crippen LogP contribution in [0.3, 0.4) is 0 Å². The van der Waals surface area contributed by atoms with E-state index in [0.717, 1.165) is 10.9 Å². The van der Waals surface area contributed by atoms with Gasteiger partial charge in [-0.05, 0) is 29.8 Å². The Labute approximate surface area is 115 Å². The Kier molecular flexibility index (Phi) is 2.91. The molecule has 3 rings (SSSR count). The predicted octanol–water partition coefficient (Wildman–Crippen LogP) is 3.05. The quantitative estimate of drug-likeness (QED) is 0.572. The number of rotatable bonds is 2. The number of ether oxygens (including phenoxy) is 1. The number of methoxy groups -OCH3 is 1. The molecule has 0 spiro atoms. The minimum absolute atomic E-state index is 0.397. The summed E-state index contributed by atoms with van der Waals surface area (Å²) in [5.74, 6) is 0.545. The van der Waals surface area contributed by atoms with Gasteiger partial charge in [-0.1, -0.05) is 24.3 Å². The number of nitrogen functional groups attached to an aromatic ring is 1. The van der Waals surface area contributed by atoms with Crippen molar-refractivity contribution in [3.8, 4) is 16.9 Å². The molecule has 20 heavy (non-hydrogen) atoms. The third kappa shape index (κ3) is 2.01. The first-order valence-electron chi connectivity index (χ1n) is 6.16. The lowest BCUT2D eigenvalue weighted by molar-refractivity contribution is 0.407. The standard InChI is InChI=1S/C16H13NO3/c1-19-14-4-2-3-11-9-13(16(18)20-15(11)14)10-5-7-12(17)8-6-10/h2-9H,17H2,1H3. The van der Waals surface area contributed by atoms with Gasteiger partial charge in [-0.3, -0.25) is 0 Å². The molecule has 1 heterocycles. The second-order valence-corrected chi connectivity index (χ2v) is 4.45. The smallest absolute Gasteiger partial charge is 0.344 e. The van der Waals surface area contributed by atoms with Crippen molar-refractivity contribution in [3.63, 3.8) is 0 Å². The highest BCUT2D eigenvalue weighted by atomic mass is 16.5. The van der Waals surface area contributed by atoms with E-state index in [4.69, 9.17) is 14.9 Å². The van der Waals surface area contributed by atoms with Crippen LogP contribution in [0.1, 0.15) is 0 Å². The summed E-state index contributed by atoms with van der Waals surface area (Å²) in [6, 6.07) is 14.4. The van der Waals surface area contributed by atoms with Gasteiger partial charge in [0.1, 0.15) is 0 Å². The molecule has 0 atom stereocenters. The molecule has 0 unspecified atom stereocenters. The van der Waals surface area contributed by atoms with E-state index in [1.54, 1.807) is 43.5 Å². The van der Waals surface area contributed by atoms with Crippen LogP contribution in [0, 0.1) is 0 Å². The van der Waals surface area contributed by atoms with Crippen LogP contribution >= 0.6 is 0 Å². The number of anilines is 1. The van der Waals surface area contributed by atoms with Gasteiger partial charge in [0.15, 0.2) is 11.3 Å². The average Bonchev–Trinajstić information content (AvgIpc) is 2.47. The minimum Gasteiger partial charge on any atom is -0.493 e. The molecular formula is C16H13NO3. The third-order valence-electron chi connectivity index (χ3n) is 3.17. The van der Waals surface area contributed by atoms with Gasteiger partial charge < -0.3 is 14.9 Å². The van der Waals surface area contributed by atoms with Gasteiger partial charge >= 0.3 is 5.63 Å². The van der Waals surface area contributed by atoms with E-state index in [-0.39, 0.29) is 0 Å². The SMILES string of the molecule is COc1cccc2cc(-c3ccc(N)cc3)c(=O)oc12. The van der Waals surface area contributed by atoms with Gasteiger partial charge in [0.2, 0.25) is 0 Å². The molecule has 0 aliphatic heterocycles. The number of para-hydroxylation sites is 1. The van der Waals surface area contributed by atoms with E-state index in [1.165, 1.54) is 0 Å². The summed E-state index contributed by atoms with van der Waals surface area (Å²) in [7, 11) is 1.54. The van der Waals surface area contributed by atoms with Crippen LogP contribution in [0.5, 0.6) is 5.75 Å². The van der Waals surface area contributed by atoms with Gasteiger partial charge in [-0.2, -0.15) is 0 Å². The van der Waals surface area contributed by atoms with E-state index >= 15 is 0 Å². The van der Waals surface area contributed by atoms with Gasteiger partial charge in [0, 0.05) is 11.1 Å². The molecule has 2 aromatic carbocycles. The highest BCUT2D eigenvalue weighted by Gasteiger charge is 2.10. The molecular weight excluding hydrogens is 254 g/mol. The maximum Gasteiger partial charge on any atom is 0.344 e. The van der Waals surface area contributed by atoms with Crippen molar-refractivity contribution >= 4 is 16.7 Å². The summed E-state index contributed by atoms with van der Waals surface area (Å²) < 4.78 is 10.6. The first kappa shape index (κ1) is 12.3. The van der Waals surface area contributed by atoms with Crippen molar-refractivity contribution in [2.45, 2.75) is 0 Å². The fourth-order valence-electron chi connectivity index (χ4n) is 2.14. The summed E-state index contributed by atoms with van der Waals surface area (Å²) in [6.45, 7) is 0. The van der Waals surface area contributed by atoms with Crippen LogP contribution in [0.15, 0.2) is 57.7 Å². The topological polar surface area (TPSA) is 65.5 Å². The number of benzene rings is 2. The highest BCUT2D eigenvalue weighted by Crippen LogP contribution is 2.27. The molecule has 0 aliphatic rings. The van der Waals surface area contributed by atoms with E-state index < -0.39 is 5.63 Å². The summed E-state index contributed by atoms with van der Waals surface area (Å²) in [5.41, 5.74) is 7.65.